The number of ether oxygens (including phenoxy) is 1. The Bertz CT molecular complexity index is 322. The number of rotatable bonds is 0. The standard InChI is InChI=1S/C9H7FO2/c10-9-7-4-2-1-3-6(7)8(11)5-12-9/h1-4,9H,5H2. The molecule has 1 aliphatic heterocycles. The number of alkyl halides is 1. The number of hydrogen-bond acceptors (Lipinski definition) is 2. The third-order valence-electron chi connectivity index (χ3n) is 1.87. The van der Waals surface area contributed by atoms with Crippen molar-refractivity contribution in [1.29, 1.82) is 0 Å². The van der Waals surface area contributed by atoms with E-state index in [0.717, 1.165) is 0 Å². The van der Waals surface area contributed by atoms with Gasteiger partial charge in [0.25, 0.3) is 0 Å². The van der Waals surface area contributed by atoms with Gasteiger partial charge < -0.3 is 4.74 Å². The Labute approximate surface area is 69.0 Å². The highest BCUT2D eigenvalue weighted by atomic mass is 19.1. The summed E-state index contributed by atoms with van der Waals surface area (Å²) in [5.74, 6) is -0.153. The van der Waals surface area contributed by atoms with Crippen LogP contribution < -0.4 is 0 Å². The van der Waals surface area contributed by atoms with Gasteiger partial charge in [-0.25, -0.2) is 4.39 Å². The first-order valence-electron chi connectivity index (χ1n) is 3.67. The van der Waals surface area contributed by atoms with Gasteiger partial charge in [0.2, 0.25) is 6.36 Å². The van der Waals surface area contributed by atoms with Crippen molar-refractivity contribution >= 4 is 5.78 Å². The Hall–Kier alpha value is -1.22. The summed E-state index contributed by atoms with van der Waals surface area (Å²) in [7, 11) is 0. The second kappa shape index (κ2) is 2.68. The molecular formula is C9H7FO2. The molecule has 1 aromatic carbocycles. The van der Waals surface area contributed by atoms with Crippen LogP contribution in [0, 0.1) is 0 Å². The minimum absolute atomic E-state index is 0.153. The number of carbonyl (C=O) groups is 1. The highest BCUT2D eigenvalue weighted by molar-refractivity contribution is 5.99. The van der Waals surface area contributed by atoms with E-state index in [1.807, 2.05) is 0 Å². The molecule has 0 aromatic heterocycles. The van der Waals surface area contributed by atoms with Crippen LogP contribution in [0.1, 0.15) is 22.3 Å². The maximum absolute atomic E-state index is 13.0. The van der Waals surface area contributed by atoms with Crippen LogP contribution in [0.2, 0.25) is 0 Å². The molecule has 1 heterocycles. The van der Waals surface area contributed by atoms with Crippen LogP contribution >= 0.6 is 0 Å². The molecule has 3 heteroatoms. The number of fused-ring (bicyclic) bond motifs is 1. The summed E-state index contributed by atoms with van der Waals surface area (Å²) < 4.78 is 17.6. The van der Waals surface area contributed by atoms with Crippen LogP contribution in [0.15, 0.2) is 24.3 Å². The molecule has 0 saturated heterocycles. The zero-order valence-corrected chi connectivity index (χ0v) is 6.29. The second-order valence-corrected chi connectivity index (χ2v) is 2.64. The number of hydrogen-bond donors (Lipinski definition) is 0. The van der Waals surface area contributed by atoms with Crippen molar-refractivity contribution in [3.8, 4) is 0 Å². The van der Waals surface area contributed by atoms with E-state index in [-0.39, 0.29) is 12.4 Å². The summed E-state index contributed by atoms with van der Waals surface area (Å²) in [6.45, 7) is -0.155. The molecule has 1 aromatic rings. The number of benzene rings is 1. The monoisotopic (exact) mass is 166 g/mol. The fraction of sp³-hybridized carbons (Fsp3) is 0.222. The largest absolute Gasteiger partial charge is 0.336 e. The summed E-state index contributed by atoms with van der Waals surface area (Å²) in [5, 5.41) is 0. The SMILES string of the molecule is O=C1COC(F)c2ccccc21. The maximum atomic E-state index is 13.0. The Morgan fingerprint density at radius 1 is 1.42 bits per heavy atom. The summed E-state index contributed by atoms with van der Waals surface area (Å²) >= 11 is 0. The Morgan fingerprint density at radius 3 is 2.92 bits per heavy atom. The molecule has 0 amide bonds. The van der Waals surface area contributed by atoms with Crippen molar-refractivity contribution in [2.24, 2.45) is 0 Å². The predicted octanol–water partition coefficient (Wildman–Crippen LogP) is 1.87. The molecule has 2 rings (SSSR count). The van der Waals surface area contributed by atoms with Crippen molar-refractivity contribution in [1.82, 2.24) is 0 Å². The van der Waals surface area contributed by atoms with Crippen molar-refractivity contribution in [2.45, 2.75) is 6.36 Å². The van der Waals surface area contributed by atoms with Gasteiger partial charge in [-0.2, -0.15) is 0 Å². The molecule has 1 unspecified atom stereocenters. The third-order valence-corrected chi connectivity index (χ3v) is 1.87. The number of halogens is 1. The predicted molar refractivity (Wildman–Crippen MR) is 40.6 cm³/mol. The molecule has 0 N–H and O–H groups in total. The molecule has 0 aliphatic carbocycles. The van der Waals surface area contributed by atoms with Crippen LogP contribution in [0.4, 0.5) is 4.39 Å². The lowest BCUT2D eigenvalue weighted by Gasteiger charge is -2.18. The zero-order valence-electron chi connectivity index (χ0n) is 6.29. The number of Topliss-reactive ketones (excluding diaryl/α,β-unsaturated/α-hetero) is 1. The van der Waals surface area contributed by atoms with Crippen LogP contribution in [-0.4, -0.2) is 12.4 Å². The molecule has 0 radical (unpaired) electrons. The van der Waals surface area contributed by atoms with Gasteiger partial charge in [0.15, 0.2) is 5.78 Å². The van der Waals surface area contributed by atoms with E-state index in [1.54, 1.807) is 24.3 Å². The highest BCUT2D eigenvalue weighted by Crippen LogP contribution is 2.27. The van der Waals surface area contributed by atoms with Gasteiger partial charge in [-0.1, -0.05) is 24.3 Å². The van der Waals surface area contributed by atoms with Gasteiger partial charge in [0, 0.05) is 11.1 Å². The lowest BCUT2D eigenvalue weighted by molar-refractivity contribution is -0.0396. The quantitative estimate of drug-likeness (QED) is 0.588. The van der Waals surface area contributed by atoms with Crippen LogP contribution in [-0.2, 0) is 4.74 Å². The first kappa shape index (κ1) is 7.43. The summed E-state index contributed by atoms with van der Waals surface area (Å²) in [4.78, 5) is 11.1. The fourth-order valence-electron chi connectivity index (χ4n) is 1.27. The van der Waals surface area contributed by atoms with E-state index in [2.05, 4.69) is 4.74 Å². The molecule has 0 bridgehead atoms. The van der Waals surface area contributed by atoms with Gasteiger partial charge >= 0.3 is 0 Å². The van der Waals surface area contributed by atoms with E-state index < -0.39 is 6.36 Å². The number of ketones is 1. The average molecular weight is 166 g/mol. The van der Waals surface area contributed by atoms with Gasteiger partial charge in [0.05, 0.1) is 0 Å². The highest BCUT2D eigenvalue weighted by Gasteiger charge is 2.24. The van der Waals surface area contributed by atoms with Crippen LogP contribution in [0.25, 0.3) is 0 Å². The van der Waals surface area contributed by atoms with Gasteiger partial charge in [0.1, 0.15) is 6.61 Å². The normalized spacial score (nSPS) is 22.1. The molecule has 0 fully saturated rings. The van der Waals surface area contributed by atoms with Crippen LogP contribution in [0.5, 0.6) is 0 Å². The molecule has 0 spiro atoms. The molecule has 1 atom stereocenters. The summed E-state index contributed by atoms with van der Waals surface area (Å²) in [6, 6.07) is 6.59. The average Bonchev–Trinajstić information content (AvgIpc) is 2.12. The minimum atomic E-state index is -1.45. The molecule has 12 heavy (non-hydrogen) atoms. The van der Waals surface area contributed by atoms with E-state index in [0.29, 0.717) is 11.1 Å². The summed E-state index contributed by atoms with van der Waals surface area (Å²) in [5.41, 5.74) is 0.782. The summed E-state index contributed by atoms with van der Waals surface area (Å²) in [6.07, 6.45) is -1.45. The van der Waals surface area contributed by atoms with E-state index in [4.69, 9.17) is 0 Å². The van der Waals surface area contributed by atoms with Gasteiger partial charge in [-0.15, -0.1) is 0 Å². The van der Waals surface area contributed by atoms with E-state index >= 15 is 0 Å². The number of carbonyl (C=O) groups excluding carboxylic acids is 1. The third kappa shape index (κ3) is 1.02. The Morgan fingerprint density at radius 2 is 2.17 bits per heavy atom. The Kier molecular flexibility index (Phi) is 1.66. The van der Waals surface area contributed by atoms with Gasteiger partial charge in [-0.05, 0) is 0 Å². The van der Waals surface area contributed by atoms with E-state index in [9.17, 15) is 9.18 Å². The van der Waals surface area contributed by atoms with Gasteiger partial charge in [-0.3, -0.25) is 4.79 Å². The van der Waals surface area contributed by atoms with Crippen molar-refractivity contribution in [2.75, 3.05) is 6.61 Å². The topological polar surface area (TPSA) is 26.3 Å². The molecule has 2 nitrogen and oxygen atoms in total. The fourth-order valence-corrected chi connectivity index (χ4v) is 1.27. The minimum Gasteiger partial charge on any atom is -0.336 e. The van der Waals surface area contributed by atoms with Crippen molar-refractivity contribution in [3.05, 3.63) is 35.4 Å². The van der Waals surface area contributed by atoms with Crippen LogP contribution in [0.3, 0.4) is 0 Å². The van der Waals surface area contributed by atoms with Crippen molar-refractivity contribution < 1.29 is 13.9 Å². The molecular weight excluding hydrogens is 159 g/mol. The van der Waals surface area contributed by atoms with E-state index in [1.165, 1.54) is 0 Å². The smallest absolute Gasteiger partial charge is 0.226 e. The Balaban J connectivity index is 2.55. The van der Waals surface area contributed by atoms with Crippen molar-refractivity contribution in [3.63, 3.8) is 0 Å². The second-order valence-electron chi connectivity index (χ2n) is 2.64. The lowest BCUT2D eigenvalue weighted by Crippen LogP contribution is -2.19. The maximum Gasteiger partial charge on any atom is 0.226 e. The molecule has 1 aliphatic rings. The zero-order chi connectivity index (χ0) is 8.55. The molecule has 62 valence electrons. The molecule has 0 saturated carbocycles. The first-order valence-corrected chi connectivity index (χ1v) is 3.67. The first-order chi connectivity index (χ1) is 5.79. The lowest BCUT2D eigenvalue weighted by atomic mass is 10.0.